The third-order valence-corrected chi connectivity index (χ3v) is 6.53. The van der Waals surface area contributed by atoms with Crippen molar-refractivity contribution in [2.75, 3.05) is 38.4 Å². The molecule has 0 spiro atoms. The number of carbonyl (C=O) groups is 2. The maximum absolute atomic E-state index is 13.6. The van der Waals surface area contributed by atoms with Crippen LogP contribution >= 0.6 is 0 Å². The van der Waals surface area contributed by atoms with Crippen molar-refractivity contribution in [1.29, 1.82) is 0 Å². The lowest BCUT2D eigenvalue weighted by molar-refractivity contribution is -0.140. The first-order valence-electron chi connectivity index (χ1n) is 10.8. The van der Waals surface area contributed by atoms with Gasteiger partial charge in [-0.1, -0.05) is 36.8 Å². The van der Waals surface area contributed by atoms with Gasteiger partial charge in [-0.05, 0) is 31.0 Å². The average Bonchev–Trinajstić information content (AvgIpc) is 2.80. The van der Waals surface area contributed by atoms with E-state index in [-0.39, 0.29) is 23.9 Å². The zero-order chi connectivity index (χ0) is 25.5. The number of methoxy groups -OCH3 is 2. The highest BCUT2D eigenvalue weighted by atomic mass is 32.2. The lowest BCUT2D eigenvalue weighted by Gasteiger charge is -2.33. The summed E-state index contributed by atoms with van der Waals surface area (Å²) in [6, 6.07) is 11.5. The van der Waals surface area contributed by atoms with E-state index in [9.17, 15) is 18.0 Å². The normalized spacial score (nSPS) is 11.9. The second-order valence-corrected chi connectivity index (χ2v) is 9.76. The van der Waals surface area contributed by atoms with Crippen LogP contribution in [-0.2, 0) is 26.2 Å². The Balaban J connectivity index is 2.50. The van der Waals surface area contributed by atoms with Gasteiger partial charge in [-0.2, -0.15) is 0 Å². The lowest BCUT2D eigenvalue weighted by Crippen LogP contribution is -2.51. The smallest absolute Gasteiger partial charge is 0.244 e. The van der Waals surface area contributed by atoms with Crippen LogP contribution in [0.25, 0.3) is 0 Å². The van der Waals surface area contributed by atoms with Crippen molar-refractivity contribution in [3.05, 3.63) is 53.6 Å². The Morgan fingerprint density at radius 2 is 1.79 bits per heavy atom. The largest absolute Gasteiger partial charge is 0.497 e. The Kier molecular flexibility index (Phi) is 9.31. The highest BCUT2D eigenvalue weighted by Gasteiger charge is 2.32. The number of carbonyl (C=O) groups excluding carboxylic acids is 2. The Morgan fingerprint density at radius 1 is 1.09 bits per heavy atom. The van der Waals surface area contributed by atoms with Gasteiger partial charge in [0.2, 0.25) is 21.8 Å². The van der Waals surface area contributed by atoms with Crippen LogP contribution in [0, 0.1) is 6.92 Å². The Morgan fingerprint density at radius 3 is 2.32 bits per heavy atom. The van der Waals surface area contributed by atoms with Gasteiger partial charge in [0.1, 0.15) is 24.1 Å². The molecular weight excluding hydrogens is 458 g/mol. The summed E-state index contributed by atoms with van der Waals surface area (Å²) in [4.78, 5) is 27.6. The van der Waals surface area contributed by atoms with E-state index in [2.05, 4.69) is 5.32 Å². The van der Waals surface area contributed by atoms with E-state index in [0.29, 0.717) is 12.2 Å². The summed E-state index contributed by atoms with van der Waals surface area (Å²) < 4.78 is 37.0. The van der Waals surface area contributed by atoms with Crippen LogP contribution in [0.5, 0.6) is 11.5 Å². The molecule has 2 rings (SSSR count). The topological polar surface area (TPSA) is 105 Å². The number of likely N-dealkylation sites (N-methyl/N-ethyl adjacent to an activating group) is 1. The fourth-order valence-electron chi connectivity index (χ4n) is 3.68. The molecule has 0 saturated carbocycles. The molecular formula is C24H33N3O6S. The first-order chi connectivity index (χ1) is 16.0. The van der Waals surface area contributed by atoms with Crippen LogP contribution in [-0.4, -0.2) is 65.2 Å². The lowest BCUT2D eigenvalue weighted by atomic mass is 10.1. The predicted octanol–water partition coefficient (Wildman–Crippen LogP) is 2.33. The van der Waals surface area contributed by atoms with Crippen molar-refractivity contribution < 1.29 is 27.5 Å². The number of sulfonamides is 1. The monoisotopic (exact) mass is 491 g/mol. The van der Waals surface area contributed by atoms with E-state index < -0.39 is 28.5 Å². The van der Waals surface area contributed by atoms with Crippen molar-refractivity contribution in [3.8, 4) is 11.5 Å². The zero-order valence-electron chi connectivity index (χ0n) is 20.5. The summed E-state index contributed by atoms with van der Waals surface area (Å²) >= 11 is 0. The summed E-state index contributed by atoms with van der Waals surface area (Å²) in [5, 5.41) is 2.60. The van der Waals surface area contributed by atoms with E-state index in [0.717, 1.165) is 21.7 Å². The van der Waals surface area contributed by atoms with Gasteiger partial charge < -0.3 is 19.7 Å². The quantitative estimate of drug-likeness (QED) is 0.517. The number of hydrogen-bond acceptors (Lipinski definition) is 6. The standard InChI is InChI=1S/C24H33N3O6S/c1-7-20(24(29)25-3)26(15-18-10-8-9-17(2)13-18)23(28)16-27(34(6,30)31)21-12-11-19(32-4)14-22(21)33-5/h8-14,20H,7,15-16H2,1-6H3,(H,25,29)/t20-/m0/s1. The van der Waals surface area contributed by atoms with Gasteiger partial charge >= 0.3 is 0 Å². The molecule has 0 aliphatic carbocycles. The highest BCUT2D eigenvalue weighted by molar-refractivity contribution is 7.92. The minimum Gasteiger partial charge on any atom is -0.497 e. The SMILES string of the molecule is CC[C@@H](C(=O)NC)N(Cc1cccc(C)c1)C(=O)CN(c1ccc(OC)cc1OC)S(C)(=O)=O. The van der Waals surface area contributed by atoms with Crippen LogP contribution in [0.1, 0.15) is 24.5 Å². The van der Waals surface area contributed by atoms with Gasteiger partial charge in [0.05, 0.1) is 26.2 Å². The molecule has 0 aliphatic rings. The van der Waals surface area contributed by atoms with Crippen LogP contribution in [0.3, 0.4) is 0 Å². The zero-order valence-corrected chi connectivity index (χ0v) is 21.3. The average molecular weight is 492 g/mol. The maximum atomic E-state index is 13.6. The number of nitrogens with zero attached hydrogens (tertiary/aromatic N) is 2. The third-order valence-electron chi connectivity index (χ3n) is 5.40. The fraction of sp³-hybridized carbons (Fsp3) is 0.417. The molecule has 9 nitrogen and oxygen atoms in total. The summed E-state index contributed by atoms with van der Waals surface area (Å²) in [5.41, 5.74) is 2.05. The molecule has 34 heavy (non-hydrogen) atoms. The van der Waals surface area contributed by atoms with Crippen molar-refractivity contribution in [3.63, 3.8) is 0 Å². The van der Waals surface area contributed by atoms with Gasteiger partial charge in [0, 0.05) is 19.7 Å². The maximum Gasteiger partial charge on any atom is 0.244 e. The van der Waals surface area contributed by atoms with Gasteiger partial charge in [0.25, 0.3) is 0 Å². The molecule has 1 atom stereocenters. The van der Waals surface area contributed by atoms with E-state index >= 15 is 0 Å². The molecule has 186 valence electrons. The minimum atomic E-state index is -3.87. The van der Waals surface area contributed by atoms with Gasteiger partial charge in [-0.25, -0.2) is 8.42 Å². The summed E-state index contributed by atoms with van der Waals surface area (Å²) in [7, 11) is 0.525. The number of nitrogens with one attached hydrogen (secondary N) is 1. The van der Waals surface area contributed by atoms with E-state index in [1.165, 1.54) is 32.2 Å². The molecule has 0 aromatic heterocycles. The number of amides is 2. The van der Waals surface area contributed by atoms with Gasteiger partial charge in [-0.3, -0.25) is 13.9 Å². The first-order valence-corrected chi connectivity index (χ1v) is 12.7. The van der Waals surface area contributed by atoms with E-state index in [4.69, 9.17) is 9.47 Å². The molecule has 0 radical (unpaired) electrons. The molecule has 0 bridgehead atoms. The number of hydrogen-bond donors (Lipinski definition) is 1. The Bertz CT molecular complexity index is 1120. The van der Waals surface area contributed by atoms with Crippen molar-refractivity contribution in [2.45, 2.75) is 32.9 Å². The van der Waals surface area contributed by atoms with E-state index in [1.54, 1.807) is 19.1 Å². The fourth-order valence-corrected chi connectivity index (χ4v) is 4.53. The number of ether oxygens (including phenoxy) is 2. The molecule has 0 heterocycles. The van der Waals surface area contributed by atoms with Crippen LogP contribution in [0.4, 0.5) is 5.69 Å². The summed E-state index contributed by atoms with van der Waals surface area (Å²) in [6.07, 6.45) is 1.38. The highest BCUT2D eigenvalue weighted by Crippen LogP contribution is 2.33. The van der Waals surface area contributed by atoms with Crippen molar-refractivity contribution in [2.24, 2.45) is 0 Å². The van der Waals surface area contributed by atoms with Gasteiger partial charge in [0.15, 0.2) is 0 Å². The summed E-state index contributed by atoms with van der Waals surface area (Å²) in [5.74, 6) is -0.120. The Labute approximate surface area is 201 Å². The molecule has 10 heteroatoms. The Hall–Kier alpha value is -3.27. The van der Waals surface area contributed by atoms with Crippen LogP contribution < -0.4 is 19.1 Å². The number of anilines is 1. The number of rotatable bonds is 11. The molecule has 0 saturated heterocycles. The van der Waals surface area contributed by atoms with Gasteiger partial charge in [-0.15, -0.1) is 0 Å². The predicted molar refractivity (Wildman–Crippen MR) is 132 cm³/mol. The summed E-state index contributed by atoms with van der Waals surface area (Å²) in [6.45, 7) is 3.40. The van der Waals surface area contributed by atoms with Crippen molar-refractivity contribution >= 4 is 27.5 Å². The van der Waals surface area contributed by atoms with E-state index in [1.807, 2.05) is 31.2 Å². The number of aryl methyl sites for hydroxylation is 1. The molecule has 0 unspecified atom stereocenters. The van der Waals surface area contributed by atoms with Crippen molar-refractivity contribution in [1.82, 2.24) is 10.2 Å². The van der Waals surface area contributed by atoms with Crippen LogP contribution in [0.15, 0.2) is 42.5 Å². The number of benzene rings is 2. The molecule has 2 aromatic carbocycles. The molecule has 0 aliphatic heterocycles. The van der Waals surface area contributed by atoms with Crippen LogP contribution in [0.2, 0.25) is 0 Å². The molecule has 1 N–H and O–H groups in total. The minimum absolute atomic E-state index is 0.157. The second-order valence-electron chi connectivity index (χ2n) is 7.86. The molecule has 0 fully saturated rings. The third kappa shape index (κ3) is 6.63. The molecule has 2 amide bonds. The molecule has 2 aromatic rings. The first kappa shape index (κ1) is 27.0. The second kappa shape index (κ2) is 11.7.